The molecule has 0 N–H and O–H groups in total. The molecule has 0 atom stereocenters. The highest BCUT2D eigenvalue weighted by atomic mass is 16.2. The van der Waals surface area contributed by atoms with E-state index in [1.165, 1.54) is 0 Å². The molecule has 2 aromatic rings. The van der Waals surface area contributed by atoms with E-state index in [1.807, 2.05) is 56.2 Å². The molecule has 0 aliphatic rings. The van der Waals surface area contributed by atoms with Crippen LogP contribution < -0.4 is 10.7 Å². The SMILES string of the molecule is Cc1c(C)n(N(C)c2ccccc2)c(=O)n1C. The summed E-state index contributed by atoms with van der Waals surface area (Å²) < 4.78 is 3.35. The highest BCUT2D eigenvalue weighted by Gasteiger charge is 2.14. The molecule has 0 spiro atoms. The van der Waals surface area contributed by atoms with Gasteiger partial charge in [-0.1, -0.05) is 18.2 Å². The van der Waals surface area contributed by atoms with Crippen molar-refractivity contribution in [1.82, 2.24) is 9.24 Å². The predicted molar refractivity (Wildman–Crippen MR) is 69.4 cm³/mol. The van der Waals surface area contributed by atoms with Crippen LogP contribution in [-0.2, 0) is 7.05 Å². The molecule has 0 bridgehead atoms. The van der Waals surface area contributed by atoms with Crippen LogP contribution in [0.1, 0.15) is 11.4 Å². The average molecular weight is 231 g/mol. The molecule has 0 radical (unpaired) electrons. The molecular weight excluding hydrogens is 214 g/mol. The Kier molecular flexibility index (Phi) is 2.79. The Morgan fingerprint density at radius 1 is 1.06 bits per heavy atom. The molecule has 0 aliphatic heterocycles. The second-order valence-electron chi connectivity index (χ2n) is 4.18. The Morgan fingerprint density at radius 3 is 2.12 bits per heavy atom. The summed E-state index contributed by atoms with van der Waals surface area (Å²) in [4.78, 5) is 12.1. The first-order valence-electron chi connectivity index (χ1n) is 5.58. The van der Waals surface area contributed by atoms with Gasteiger partial charge in [0.05, 0.1) is 11.4 Å². The molecule has 90 valence electrons. The number of hydrogen-bond acceptors (Lipinski definition) is 2. The first-order chi connectivity index (χ1) is 8.04. The maximum absolute atomic E-state index is 12.1. The van der Waals surface area contributed by atoms with Crippen LogP contribution in [0.15, 0.2) is 35.1 Å². The lowest BCUT2D eigenvalue weighted by molar-refractivity contribution is 0.689. The molecule has 4 nitrogen and oxygen atoms in total. The standard InChI is InChI=1S/C13H17N3O/c1-10-11(2)16(13(17)14(10)3)15(4)12-8-6-5-7-9-12/h5-9H,1-4H3. The lowest BCUT2D eigenvalue weighted by Crippen LogP contribution is -2.36. The van der Waals surface area contributed by atoms with Gasteiger partial charge in [0.1, 0.15) is 0 Å². The lowest BCUT2D eigenvalue weighted by atomic mass is 10.3. The first kappa shape index (κ1) is 11.5. The number of para-hydroxylation sites is 1. The Balaban J connectivity index is 2.56. The minimum Gasteiger partial charge on any atom is -0.298 e. The highest BCUT2D eigenvalue weighted by Crippen LogP contribution is 2.13. The van der Waals surface area contributed by atoms with Crippen LogP contribution in [-0.4, -0.2) is 16.3 Å². The molecule has 0 unspecified atom stereocenters. The summed E-state index contributed by atoms with van der Waals surface area (Å²) in [5.74, 6) is 0. The van der Waals surface area contributed by atoms with Crippen molar-refractivity contribution in [3.05, 3.63) is 52.2 Å². The van der Waals surface area contributed by atoms with E-state index in [-0.39, 0.29) is 5.69 Å². The van der Waals surface area contributed by atoms with Gasteiger partial charge in [0.25, 0.3) is 0 Å². The van der Waals surface area contributed by atoms with E-state index in [0.717, 1.165) is 17.1 Å². The molecule has 0 saturated carbocycles. The van der Waals surface area contributed by atoms with Crippen LogP contribution in [0, 0.1) is 13.8 Å². The Labute approximate surface area is 101 Å². The number of anilines is 1. The zero-order chi connectivity index (χ0) is 12.6. The summed E-state index contributed by atoms with van der Waals surface area (Å²) in [5.41, 5.74) is 2.91. The third-order valence-electron chi connectivity index (χ3n) is 3.24. The van der Waals surface area contributed by atoms with Gasteiger partial charge in [-0.2, -0.15) is 0 Å². The number of rotatable bonds is 2. The van der Waals surface area contributed by atoms with Crippen molar-refractivity contribution in [2.75, 3.05) is 12.1 Å². The zero-order valence-electron chi connectivity index (χ0n) is 10.6. The number of hydrogen-bond donors (Lipinski definition) is 0. The van der Waals surface area contributed by atoms with E-state index in [9.17, 15) is 4.79 Å². The molecule has 1 aromatic heterocycles. The van der Waals surface area contributed by atoms with E-state index in [2.05, 4.69) is 0 Å². The predicted octanol–water partition coefficient (Wildman–Crippen LogP) is 1.70. The Morgan fingerprint density at radius 2 is 1.65 bits per heavy atom. The van der Waals surface area contributed by atoms with Gasteiger partial charge in [0.15, 0.2) is 0 Å². The van der Waals surface area contributed by atoms with Gasteiger partial charge in [-0.05, 0) is 26.0 Å². The van der Waals surface area contributed by atoms with Gasteiger partial charge in [0.2, 0.25) is 0 Å². The van der Waals surface area contributed by atoms with Gasteiger partial charge >= 0.3 is 5.69 Å². The third kappa shape index (κ3) is 1.75. The lowest BCUT2D eigenvalue weighted by Gasteiger charge is -2.20. The van der Waals surface area contributed by atoms with E-state index < -0.39 is 0 Å². The van der Waals surface area contributed by atoms with Crippen LogP contribution in [0.25, 0.3) is 0 Å². The van der Waals surface area contributed by atoms with Crippen molar-refractivity contribution >= 4 is 5.69 Å². The van der Waals surface area contributed by atoms with Crippen LogP contribution in [0.4, 0.5) is 5.69 Å². The van der Waals surface area contributed by atoms with Gasteiger partial charge in [0, 0.05) is 19.8 Å². The van der Waals surface area contributed by atoms with Crippen molar-refractivity contribution in [2.45, 2.75) is 13.8 Å². The summed E-state index contributed by atoms with van der Waals surface area (Å²) in [7, 11) is 3.68. The van der Waals surface area contributed by atoms with Gasteiger partial charge in [-0.3, -0.25) is 9.58 Å². The third-order valence-corrected chi connectivity index (χ3v) is 3.24. The first-order valence-corrected chi connectivity index (χ1v) is 5.58. The molecule has 0 fully saturated rings. The number of nitrogens with zero attached hydrogens (tertiary/aromatic N) is 3. The minimum atomic E-state index is -0.0219. The molecule has 1 heterocycles. The molecule has 2 rings (SSSR count). The van der Waals surface area contributed by atoms with E-state index >= 15 is 0 Å². The number of imidazole rings is 1. The summed E-state index contributed by atoms with van der Waals surface area (Å²) in [6.07, 6.45) is 0. The Hall–Kier alpha value is -1.97. The summed E-state index contributed by atoms with van der Waals surface area (Å²) >= 11 is 0. The minimum absolute atomic E-state index is 0.0219. The number of aromatic nitrogens is 2. The zero-order valence-corrected chi connectivity index (χ0v) is 10.6. The van der Waals surface area contributed by atoms with Crippen molar-refractivity contribution in [1.29, 1.82) is 0 Å². The number of benzene rings is 1. The molecule has 0 aliphatic carbocycles. The van der Waals surface area contributed by atoms with Crippen molar-refractivity contribution in [3.63, 3.8) is 0 Å². The van der Waals surface area contributed by atoms with Crippen LogP contribution in [0.3, 0.4) is 0 Å². The van der Waals surface area contributed by atoms with Gasteiger partial charge in [-0.15, -0.1) is 0 Å². The van der Waals surface area contributed by atoms with E-state index in [4.69, 9.17) is 0 Å². The molecule has 4 heteroatoms. The van der Waals surface area contributed by atoms with Crippen LogP contribution in [0.5, 0.6) is 0 Å². The van der Waals surface area contributed by atoms with Crippen LogP contribution >= 0.6 is 0 Å². The maximum atomic E-state index is 12.1. The molecule has 0 amide bonds. The van der Waals surface area contributed by atoms with E-state index in [0.29, 0.717) is 0 Å². The second kappa shape index (κ2) is 4.13. The van der Waals surface area contributed by atoms with Gasteiger partial charge < -0.3 is 0 Å². The Bertz CT molecular complexity index is 581. The topological polar surface area (TPSA) is 30.2 Å². The molecular formula is C13H17N3O. The van der Waals surface area contributed by atoms with Gasteiger partial charge in [-0.25, -0.2) is 9.47 Å². The highest BCUT2D eigenvalue weighted by molar-refractivity contribution is 5.45. The fourth-order valence-corrected chi connectivity index (χ4v) is 1.94. The monoisotopic (exact) mass is 231 g/mol. The quantitative estimate of drug-likeness (QED) is 0.787. The maximum Gasteiger partial charge on any atom is 0.347 e. The summed E-state index contributed by atoms with van der Waals surface area (Å²) in [5, 5.41) is 1.87. The fourth-order valence-electron chi connectivity index (χ4n) is 1.94. The van der Waals surface area contributed by atoms with Crippen molar-refractivity contribution < 1.29 is 0 Å². The smallest absolute Gasteiger partial charge is 0.298 e. The fraction of sp³-hybridized carbons (Fsp3) is 0.308. The van der Waals surface area contributed by atoms with E-state index in [1.54, 1.807) is 16.3 Å². The van der Waals surface area contributed by atoms with Crippen molar-refractivity contribution in [3.8, 4) is 0 Å². The average Bonchev–Trinajstić information content (AvgIpc) is 2.54. The van der Waals surface area contributed by atoms with Crippen LogP contribution in [0.2, 0.25) is 0 Å². The summed E-state index contributed by atoms with van der Waals surface area (Å²) in [6.45, 7) is 3.90. The normalized spacial score (nSPS) is 10.6. The molecule has 0 saturated heterocycles. The molecule has 1 aromatic carbocycles. The molecule has 17 heavy (non-hydrogen) atoms. The second-order valence-corrected chi connectivity index (χ2v) is 4.18. The summed E-state index contributed by atoms with van der Waals surface area (Å²) in [6, 6.07) is 9.84. The largest absolute Gasteiger partial charge is 0.347 e. The van der Waals surface area contributed by atoms with Crippen molar-refractivity contribution in [2.24, 2.45) is 7.05 Å².